The molecule has 2 aromatic carbocycles. The summed E-state index contributed by atoms with van der Waals surface area (Å²) in [6.07, 6.45) is 0. The minimum absolute atomic E-state index is 0.00135. The van der Waals surface area contributed by atoms with Crippen LogP contribution in [0.3, 0.4) is 0 Å². The third-order valence-corrected chi connectivity index (χ3v) is 5.67. The summed E-state index contributed by atoms with van der Waals surface area (Å²) in [6.45, 7) is 2.20. The van der Waals surface area contributed by atoms with Gasteiger partial charge in [-0.3, -0.25) is 14.4 Å². The Morgan fingerprint density at radius 3 is 2.61 bits per heavy atom. The Labute approximate surface area is 158 Å². The molecular formula is C21H15FN2O4. The van der Waals surface area contributed by atoms with E-state index in [1.165, 1.54) is 18.0 Å². The first-order valence-electron chi connectivity index (χ1n) is 8.89. The van der Waals surface area contributed by atoms with E-state index in [-0.39, 0.29) is 22.3 Å². The summed E-state index contributed by atoms with van der Waals surface area (Å²) in [6, 6.07) is 10.6. The second-order valence-electron chi connectivity index (χ2n) is 6.92. The molecule has 0 saturated heterocycles. The first-order chi connectivity index (χ1) is 13.4. The van der Waals surface area contributed by atoms with Crippen LogP contribution in [0.4, 0.5) is 10.1 Å². The second-order valence-corrected chi connectivity index (χ2v) is 6.92. The van der Waals surface area contributed by atoms with E-state index in [2.05, 4.69) is 0 Å². The third-order valence-electron chi connectivity index (χ3n) is 5.67. The highest BCUT2D eigenvalue weighted by molar-refractivity contribution is 6.17. The zero-order chi connectivity index (χ0) is 19.8. The van der Waals surface area contributed by atoms with Crippen LogP contribution in [0.2, 0.25) is 0 Å². The molecule has 0 bridgehead atoms. The van der Waals surface area contributed by atoms with Gasteiger partial charge in [-0.2, -0.15) is 0 Å². The fraction of sp³-hybridized carbons (Fsp3) is 0.190. The Morgan fingerprint density at radius 2 is 1.86 bits per heavy atom. The van der Waals surface area contributed by atoms with Crippen molar-refractivity contribution in [1.82, 2.24) is 4.90 Å². The first kappa shape index (κ1) is 16.7. The van der Waals surface area contributed by atoms with Crippen molar-refractivity contribution in [2.45, 2.75) is 12.5 Å². The summed E-state index contributed by atoms with van der Waals surface area (Å²) in [5.41, 5.74) is -0.947. The van der Waals surface area contributed by atoms with Crippen molar-refractivity contribution in [3.05, 3.63) is 75.4 Å². The van der Waals surface area contributed by atoms with Crippen LogP contribution in [0.1, 0.15) is 28.6 Å². The number of likely N-dealkylation sites (N-methyl/N-ethyl adjacent to an activating group) is 2. The van der Waals surface area contributed by atoms with Gasteiger partial charge in [0, 0.05) is 19.2 Å². The van der Waals surface area contributed by atoms with Crippen LogP contribution < -0.4 is 10.3 Å². The van der Waals surface area contributed by atoms with Crippen LogP contribution in [0.5, 0.6) is 0 Å². The molecule has 6 nitrogen and oxygen atoms in total. The topological polar surface area (TPSA) is 70.8 Å². The smallest absolute Gasteiger partial charge is 0.291 e. The molecule has 1 atom stereocenters. The Morgan fingerprint density at radius 1 is 1.11 bits per heavy atom. The van der Waals surface area contributed by atoms with E-state index in [1.807, 2.05) is 6.92 Å². The largest absolute Gasteiger partial charge is 0.450 e. The number of hydrogen-bond donors (Lipinski definition) is 0. The van der Waals surface area contributed by atoms with Crippen LogP contribution in [-0.4, -0.2) is 30.3 Å². The number of carbonyl (C=O) groups is 2. The summed E-state index contributed by atoms with van der Waals surface area (Å²) in [5.74, 6) is -1.72. The van der Waals surface area contributed by atoms with Gasteiger partial charge in [-0.15, -0.1) is 0 Å². The predicted molar refractivity (Wildman–Crippen MR) is 99.8 cm³/mol. The molecule has 7 heteroatoms. The maximum Gasteiger partial charge on any atom is 0.291 e. The second kappa shape index (κ2) is 5.28. The van der Waals surface area contributed by atoms with Crippen molar-refractivity contribution in [2.75, 3.05) is 18.5 Å². The van der Waals surface area contributed by atoms with Crippen LogP contribution >= 0.6 is 0 Å². The van der Waals surface area contributed by atoms with Crippen LogP contribution in [0, 0.1) is 5.82 Å². The van der Waals surface area contributed by atoms with E-state index in [1.54, 1.807) is 29.2 Å². The van der Waals surface area contributed by atoms with E-state index in [0.717, 1.165) is 12.1 Å². The molecule has 3 heterocycles. The van der Waals surface area contributed by atoms with Crippen LogP contribution in [0.15, 0.2) is 51.7 Å². The molecule has 0 saturated carbocycles. The monoisotopic (exact) mass is 378 g/mol. The van der Waals surface area contributed by atoms with Crippen molar-refractivity contribution in [3.8, 4) is 0 Å². The lowest BCUT2D eigenvalue weighted by Crippen LogP contribution is -2.51. The molecule has 2 amide bonds. The minimum atomic E-state index is -1.61. The van der Waals surface area contributed by atoms with Gasteiger partial charge in [0.05, 0.1) is 16.6 Å². The van der Waals surface area contributed by atoms with Crippen LogP contribution in [0.25, 0.3) is 11.0 Å². The molecule has 28 heavy (non-hydrogen) atoms. The molecule has 2 aliphatic rings. The molecule has 1 unspecified atom stereocenters. The molecule has 3 aromatic rings. The summed E-state index contributed by atoms with van der Waals surface area (Å²) >= 11 is 0. The molecule has 0 radical (unpaired) electrons. The third kappa shape index (κ3) is 1.69. The van der Waals surface area contributed by atoms with Gasteiger partial charge in [-0.05, 0) is 31.2 Å². The van der Waals surface area contributed by atoms with Crippen LogP contribution in [-0.2, 0) is 10.3 Å². The van der Waals surface area contributed by atoms with Gasteiger partial charge in [-0.1, -0.05) is 18.2 Å². The number of fused-ring (bicyclic) bond motifs is 5. The van der Waals surface area contributed by atoms with E-state index in [4.69, 9.17) is 4.42 Å². The lowest BCUT2D eigenvalue weighted by molar-refractivity contribution is -0.125. The van der Waals surface area contributed by atoms with Crippen molar-refractivity contribution in [1.29, 1.82) is 0 Å². The molecule has 1 aromatic heterocycles. The van der Waals surface area contributed by atoms with Gasteiger partial charge < -0.3 is 14.2 Å². The number of carbonyl (C=O) groups excluding carboxylic acids is 2. The highest BCUT2D eigenvalue weighted by Crippen LogP contribution is 2.51. The number of benzene rings is 2. The van der Waals surface area contributed by atoms with Gasteiger partial charge in [0.2, 0.25) is 5.76 Å². The lowest BCUT2D eigenvalue weighted by Gasteiger charge is -2.31. The number of anilines is 1. The fourth-order valence-electron chi connectivity index (χ4n) is 4.43. The van der Waals surface area contributed by atoms with Gasteiger partial charge in [0.1, 0.15) is 11.4 Å². The summed E-state index contributed by atoms with van der Waals surface area (Å²) in [4.78, 5) is 42.8. The normalized spacial score (nSPS) is 20.4. The van der Waals surface area contributed by atoms with E-state index in [0.29, 0.717) is 17.8 Å². The Bertz CT molecular complexity index is 1260. The van der Waals surface area contributed by atoms with Crippen molar-refractivity contribution >= 4 is 28.5 Å². The minimum Gasteiger partial charge on any atom is -0.450 e. The Balaban J connectivity index is 1.97. The number of hydrogen-bond acceptors (Lipinski definition) is 4. The maximum absolute atomic E-state index is 13.8. The molecule has 0 N–H and O–H groups in total. The summed E-state index contributed by atoms with van der Waals surface area (Å²) in [7, 11) is 1.48. The highest BCUT2D eigenvalue weighted by atomic mass is 19.1. The highest BCUT2D eigenvalue weighted by Gasteiger charge is 2.63. The van der Waals surface area contributed by atoms with Gasteiger partial charge in [0.15, 0.2) is 11.0 Å². The molecule has 140 valence electrons. The molecule has 0 aliphatic carbocycles. The number of rotatable bonds is 1. The standard InChI is InChI=1S/C21H15FN2O4/c1-3-24-14-7-5-4-6-13(14)21(20(24)27)16-17(25)12-10-11(22)8-9-15(12)28-18(16)19(26)23(21)2/h4-10H,3H2,1-2H3. The number of amides is 2. The average molecular weight is 378 g/mol. The Hall–Kier alpha value is -3.48. The van der Waals surface area contributed by atoms with Gasteiger partial charge >= 0.3 is 0 Å². The molecule has 0 fully saturated rings. The average Bonchev–Trinajstić information content (AvgIpc) is 3.08. The predicted octanol–water partition coefficient (Wildman–Crippen LogP) is 2.63. The zero-order valence-electron chi connectivity index (χ0n) is 15.2. The quantitative estimate of drug-likeness (QED) is 0.653. The van der Waals surface area contributed by atoms with E-state index in [9.17, 15) is 18.8 Å². The van der Waals surface area contributed by atoms with Gasteiger partial charge in [-0.25, -0.2) is 4.39 Å². The Kier molecular flexibility index (Phi) is 3.15. The molecule has 2 aliphatic heterocycles. The number of halogens is 1. The SMILES string of the molecule is CCN1C(=O)C2(c3ccccc31)c1c(oc3ccc(F)cc3c1=O)C(=O)N2C. The zero-order valence-corrected chi connectivity index (χ0v) is 15.2. The fourth-order valence-corrected chi connectivity index (χ4v) is 4.43. The summed E-state index contributed by atoms with van der Waals surface area (Å²) < 4.78 is 19.5. The molecule has 5 rings (SSSR count). The lowest BCUT2D eigenvalue weighted by atomic mass is 9.84. The number of para-hydroxylation sites is 1. The van der Waals surface area contributed by atoms with Crippen molar-refractivity contribution < 1.29 is 18.4 Å². The molecular weight excluding hydrogens is 363 g/mol. The van der Waals surface area contributed by atoms with E-state index < -0.39 is 28.6 Å². The van der Waals surface area contributed by atoms with Crippen molar-refractivity contribution in [2.24, 2.45) is 0 Å². The van der Waals surface area contributed by atoms with Gasteiger partial charge in [0.25, 0.3) is 11.8 Å². The maximum atomic E-state index is 13.8. The van der Waals surface area contributed by atoms with Crippen molar-refractivity contribution in [3.63, 3.8) is 0 Å². The summed E-state index contributed by atoms with van der Waals surface area (Å²) in [5, 5.41) is 0.00135. The number of nitrogens with zero attached hydrogens (tertiary/aromatic N) is 2. The van der Waals surface area contributed by atoms with E-state index >= 15 is 0 Å². The first-order valence-corrected chi connectivity index (χ1v) is 8.89. The molecule has 1 spiro atoms.